The Labute approximate surface area is 91.4 Å². The number of carbonyl (C=O) groups excluding carboxylic acids is 2. The van der Waals surface area contributed by atoms with Crippen LogP contribution < -0.4 is 5.32 Å². The van der Waals surface area contributed by atoms with Crippen molar-refractivity contribution >= 4 is 11.7 Å². The second-order valence-corrected chi connectivity index (χ2v) is 3.52. The van der Waals surface area contributed by atoms with Gasteiger partial charge in [0.1, 0.15) is 5.78 Å². The lowest BCUT2D eigenvalue weighted by molar-refractivity contribution is -0.122. The highest BCUT2D eigenvalue weighted by Gasteiger charge is 1.99. The van der Waals surface area contributed by atoms with E-state index in [1.165, 1.54) is 6.92 Å². The van der Waals surface area contributed by atoms with E-state index >= 15 is 0 Å². The van der Waals surface area contributed by atoms with Crippen LogP contribution in [0.2, 0.25) is 0 Å². The van der Waals surface area contributed by atoms with Crippen molar-refractivity contribution in [1.29, 1.82) is 0 Å². The van der Waals surface area contributed by atoms with Crippen molar-refractivity contribution in [1.82, 2.24) is 5.32 Å². The molecule has 0 aliphatic heterocycles. The van der Waals surface area contributed by atoms with Gasteiger partial charge in [0.15, 0.2) is 0 Å². The minimum atomic E-state index is 0.0759. The van der Waals surface area contributed by atoms with Gasteiger partial charge in [-0.2, -0.15) is 0 Å². The first-order valence-corrected chi connectivity index (χ1v) is 5.50. The molecule has 88 valence electrons. The normalized spacial score (nSPS) is 10.0. The van der Waals surface area contributed by atoms with E-state index in [-0.39, 0.29) is 11.7 Å². The molecule has 0 radical (unpaired) electrons. The van der Waals surface area contributed by atoms with Crippen LogP contribution in [0.15, 0.2) is 0 Å². The number of hydrogen-bond acceptors (Lipinski definition) is 3. The van der Waals surface area contributed by atoms with Crippen molar-refractivity contribution in [3.05, 3.63) is 0 Å². The maximum absolute atomic E-state index is 11.1. The third kappa shape index (κ3) is 11.0. The molecule has 0 spiro atoms. The number of rotatable bonds is 9. The van der Waals surface area contributed by atoms with Gasteiger partial charge < -0.3 is 10.1 Å². The van der Waals surface area contributed by atoms with Crippen LogP contribution in [0.5, 0.6) is 0 Å². The van der Waals surface area contributed by atoms with E-state index in [9.17, 15) is 9.59 Å². The van der Waals surface area contributed by atoms with E-state index in [0.717, 1.165) is 12.8 Å². The Bertz CT molecular complexity index is 192. The lowest BCUT2D eigenvalue weighted by Crippen LogP contribution is -2.27. The van der Waals surface area contributed by atoms with Gasteiger partial charge in [0.2, 0.25) is 5.91 Å². The SMILES string of the molecule is CCCCC(=O)NCCOCCC(C)=O. The van der Waals surface area contributed by atoms with Crippen LogP contribution in [0.3, 0.4) is 0 Å². The van der Waals surface area contributed by atoms with Gasteiger partial charge in [0, 0.05) is 19.4 Å². The Morgan fingerprint density at radius 3 is 2.53 bits per heavy atom. The highest BCUT2D eigenvalue weighted by molar-refractivity contribution is 5.76. The molecule has 0 aliphatic rings. The molecule has 0 unspecified atom stereocenters. The van der Waals surface area contributed by atoms with Crippen molar-refractivity contribution in [2.75, 3.05) is 19.8 Å². The number of hydrogen-bond donors (Lipinski definition) is 1. The second-order valence-electron chi connectivity index (χ2n) is 3.52. The van der Waals surface area contributed by atoms with Gasteiger partial charge in [-0.1, -0.05) is 13.3 Å². The molecule has 0 heterocycles. The van der Waals surface area contributed by atoms with E-state index in [1.54, 1.807) is 0 Å². The van der Waals surface area contributed by atoms with E-state index in [0.29, 0.717) is 32.6 Å². The molecule has 0 fully saturated rings. The number of ether oxygens (including phenoxy) is 1. The molecule has 4 heteroatoms. The molecule has 0 bridgehead atoms. The van der Waals surface area contributed by atoms with Crippen LogP contribution in [-0.2, 0) is 14.3 Å². The molecule has 0 saturated carbocycles. The summed E-state index contributed by atoms with van der Waals surface area (Å²) >= 11 is 0. The Balaban J connectivity index is 3.16. The molecular formula is C11H21NO3. The monoisotopic (exact) mass is 215 g/mol. The molecule has 0 aromatic carbocycles. The fourth-order valence-corrected chi connectivity index (χ4v) is 1.01. The Morgan fingerprint density at radius 2 is 1.93 bits per heavy atom. The van der Waals surface area contributed by atoms with Gasteiger partial charge in [-0.15, -0.1) is 0 Å². The second kappa shape index (κ2) is 9.65. The number of carbonyl (C=O) groups is 2. The molecule has 1 amide bonds. The molecule has 0 aromatic heterocycles. The average molecular weight is 215 g/mol. The number of nitrogens with one attached hydrogen (secondary N) is 1. The average Bonchev–Trinajstić information content (AvgIpc) is 2.19. The van der Waals surface area contributed by atoms with Crippen LogP contribution in [0.25, 0.3) is 0 Å². The minimum Gasteiger partial charge on any atom is -0.379 e. The third-order valence-electron chi connectivity index (χ3n) is 1.92. The van der Waals surface area contributed by atoms with Crippen molar-refractivity contribution < 1.29 is 14.3 Å². The smallest absolute Gasteiger partial charge is 0.220 e. The largest absolute Gasteiger partial charge is 0.379 e. The summed E-state index contributed by atoms with van der Waals surface area (Å²) in [5.74, 6) is 0.203. The third-order valence-corrected chi connectivity index (χ3v) is 1.92. The summed E-state index contributed by atoms with van der Waals surface area (Å²) in [7, 11) is 0. The van der Waals surface area contributed by atoms with E-state index in [2.05, 4.69) is 12.2 Å². The summed E-state index contributed by atoms with van der Waals surface area (Å²) in [5, 5.41) is 2.76. The summed E-state index contributed by atoms with van der Waals surface area (Å²) in [4.78, 5) is 21.7. The first-order valence-electron chi connectivity index (χ1n) is 5.50. The lowest BCUT2D eigenvalue weighted by Gasteiger charge is -2.05. The van der Waals surface area contributed by atoms with Crippen LogP contribution in [0, 0.1) is 0 Å². The number of unbranched alkanes of at least 4 members (excludes halogenated alkanes) is 1. The summed E-state index contributed by atoms with van der Waals surface area (Å²) in [6.07, 6.45) is 2.99. The molecule has 0 rings (SSSR count). The van der Waals surface area contributed by atoms with Crippen LogP contribution in [0.1, 0.15) is 39.5 Å². The zero-order chi connectivity index (χ0) is 11.5. The first-order chi connectivity index (χ1) is 7.16. The molecule has 0 aromatic rings. The Kier molecular flexibility index (Phi) is 9.07. The Hall–Kier alpha value is -0.900. The highest BCUT2D eigenvalue weighted by Crippen LogP contribution is 1.92. The number of amides is 1. The molecule has 1 N–H and O–H groups in total. The van der Waals surface area contributed by atoms with Gasteiger partial charge in [0.25, 0.3) is 0 Å². The maximum Gasteiger partial charge on any atom is 0.220 e. The predicted molar refractivity (Wildman–Crippen MR) is 58.7 cm³/mol. The van der Waals surface area contributed by atoms with Gasteiger partial charge in [0.05, 0.1) is 13.2 Å². The van der Waals surface area contributed by atoms with Gasteiger partial charge in [-0.25, -0.2) is 0 Å². The van der Waals surface area contributed by atoms with E-state index in [4.69, 9.17) is 4.74 Å². The topological polar surface area (TPSA) is 55.4 Å². The quantitative estimate of drug-likeness (QED) is 0.590. The summed E-state index contributed by atoms with van der Waals surface area (Å²) < 4.78 is 5.16. The molecule has 0 atom stereocenters. The van der Waals surface area contributed by atoms with Gasteiger partial charge in [-0.05, 0) is 13.3 Å². The highest BCUT2D eigenvalue weighted by atomic mass is 16.5. The summed E-state index contributed by atoms with van der Waals surface area (Å²) in [6, 6.07) is 0. The van der Waals surface area contributed by atoms with Crippen molar-refractivity contribution in [3.8, 4) is 0 Å². The zero-order valence-electron chi connectivity index (χ0n) is 9.67. The van der Waals surface area contributed by atoms with Crippen LogP contribution >= 0.6 is 0 Å². The van der Waals surface area contributed by atoms with Crippen LogP contribution in [0.4, 0.5) is 0 Å². The molecule has 15 heavy (non-hydrogen) atoms. The fourth-order valence-electron chi connectivity index (χ4n) is 1.01. The first kappa shape index (κ1) is 14.1. The van der Waals surface area contributed by atoms with Gasteiger partial charge in [-0.3, -0.25) is 9.59 Å². The molecule has 0 aliphatic carbocycles. The number of Topliss-reactive ketones (excluding diaryl/α,β-unsaturated/α-hetero) is 1. The summed E-state index contributed by atoms with van der Waals surface area (Å²) in [5.41, 5.74) is 0. The van der Waals surface area contributed by atoms with Crippen molar-refractivity contribution in [3.63, 3.8) is 0 Å². The number of ketones is 1. The van der Waals surface area contributed by atoms with Gasteiger partial charge >= 0.3 is 0 Å². The standard InChI is InChI=1S/C11H21NO3/c1-3-4-5-11(14)12-7-9-15-8-6-10(2)13/h3-9H2,1-2H3,(H,12,14). The predicted octanol–water partition coefficient (Wildman–Crippen LogP) is 1.29. The summed E-state index contributed by atoms with van der Waals surface area (Å²) in [6.45, 7) is 5.04. The molecule has 4 nitrogen and oxygen atoms in total. The van der Waals surface area contributed by atoms with E-state index in [1.807, 2.05) is 0 Å². The van der Waals surface area contributed by atoms with Crippen LogP contribution in [-0.4, -0.2) is 31.4 Å². The van der Waals surface area contributed by atoms with Crippen molar-refractivity contribution in [2.24, 2.45) is 0 Å². The lowest BCUT2D eigenvalue weighted by atomic mass is 10.2. The van der Waals surface area contributed by atoms with E-state index < -0.39 is 0 Å². The molecule has 0 saturated heterocycles. The fraction of sp³-hybridized carbons (Fsp3) is 0.818. The minimum absolute atomic E-state index is 0.0759. The Morgan fingerprint density at radius 1 is 1.20 bits per heavy atom. The molecular weight excluding hydrogens is 194 g/mol. The van der Waals surface area contributed by atoms with Crippen molar-refractivity contribution in [2.45, 2.75) is 39.5 Å². The zero-order valence-corrected chi connectivity index (χ0v) is 9.67. The maximum atomic E-state index is 11.1.